The van der Waals surface area contributed by atoms with Crippen LogP contribution in [0.5, 0.6) is 11.5 Å². The number of para-hydroxylation sites is 2. The van der Waals surface area contributed by atoms with Gasteiger partial charge >= 0.3 is 0 Å². The smallest absolute Gasteiger partial charge is 0.291 e. The molecule has 0 bridgehead atoms. The minimum absolute atomic E-state index is 0.0764. The van der Waals surface area contributed by atoms with Crippen molar-refractivity contribution >= 4 is 28.5 Å². The average molecular weight is 525 g/mol. The van der Waals surface area contributed by atoms with Gasteiger partial charge in [-0.2, -0.15) is 0 Å². The van der Waals surface area contributed by atoms with E-state index in [1.165, 1.54) is 4.90 Å². The van der Waals surface area contributed by atoms with Gasteiger partial charge < -0.3 is 23.7 Å². The van der Waals surface area contributed by atoms with Crippen molar-refractivity contribution in [2.75, 3.05) is 32.2 Å². The van der Waals surface area contributed by atoms with Crippen molar-refractivity contribution < 1.29 is 23.5 Å². The first-order valence-corrected chi connectivity index (χ1v) is 13.0. The van der Waals surface area contributed by atoms with E-state index in [0.29, 0.717) is 46.7 Å². The molecule has 0 saturated carbocycles. The molecule has 2 aliphatic rings. The van der Waals surface area contributed by atoms with E-state index in [9.17, 15) is 14.4 Å². The number of carbonyl (C=O) groups is 2. The van der Waals surface area contributed by atoms with Gasteiger partial charge in [-0.1, -0.05) is 43.3 Å². The molecule has 8 heteroatoms. The Labute approximate surface area is 225 Å². The Hall–Kier alpha value is -4.59. The van der Waals surface area contributed by atoms with Crippen LogP contribution in [-0.2, 0) is 16.8 Å². The fraction of sp³-hybridized carbons (Fsp3) is 0.258. The first-order chi connectivity index (χ1) is 19.0. The third-order valence-electron chi connectivity index (χ3n) is 7.66. The van der Waals surface area contributed by atoms with E-state index in [1.54, 1.807) is 49.5 Å². The van der Waals surface area contributed by atoms with Crippen molar-refractivity contribution in [3.8, 4) is 11.5 Å². The summed E-state index contributed by atoms with van der Waals surface area (Å²) in [5, 5.41) is 0.337. The molecule has 1 unspecified atom stereocenters. The predicted molar refractivity (Wildman–Crippen MR) is 147 cm³/mol. The summed E-state index contributed by atoms with van der Waals surface area (Å²) in [4.78, 5) is 45.9. The number of hydrogen-bond acceptors (Lipinski definition) is 6. The molecule has 1 spiro atoms. The van der Waals surface area contributed by atoms with Crippen LogP contribution in [0.2, 0.25) is 0 Å². The van der Waals surface area contributed by atoms with E-state index >= 15 is 0 Å². The molecule has 6 rings (SSSR count). The summed E-state index contributed by atoms with van der Waals surface area (Å²) in [5.74, 6) is 0.300. The highest BCUT2D eigenvalue weighted by molar-refractivity contribution is 6.17. The van der Waals surface area contributed by atoms with E-state index in [2.05, 4.69) is 0 Å². The number of amides is 2. The molecule has 39 heavy (non-hydrogen) atoms. The van der Waals surface area contributed by atoms with Crippen LogP contribution in [0.15, 0.2) is 75.9 Å². The number of nitrogens with zero attached hydrogens (tertiary/aromatic N) is 2. The maximum absolute atomic E-state index is 14.5. The van der Waals surface area contributed by atoms with E-state index in [4.69, 9.17) is 13.9 Å². The Morgan fingerprint density at radius 3 is 2.38 bits per heavy atom. The molecule has 1 atom stereocenters. The largest absolute Gasteiger partial charge is 0.493 e. The Bertz CT molecular complexity index is 1690. The molecule has 0 N–H and O–H groups in total. The summed E-state index contributed by atoms with van der Waals surface area (Å²) in [6.45, 7) is 2.63. The molecule has 3 heterocycles. The zero-order valence-electron chi connectivity index (χ0n) is 22.0. The second-order valence-electron chi connectivity index (χ2n) is 9.71. The zero-order valence-corrected chi connectivity index (χ0v) is 22.0. The summed E-state index contributed by atoms with van der Waals surface area (Å²) < 4.78 is 16.9. The van der Waals surface area contributed by atoms with Crippen LogP contribution in [0.4, 0.5) is 5.69 Å². The van der Waals surface area contributed by atoms with E-state index in [1.807, 2.05) is 43.3 Å². The first kappa shape index (κ1) is 24.7. The highest BCUT2D eigenvalue weighted by atomic mass is 16.5. The summed E-state index contributed by atoms with van der Waals surface area (Å²) >= 11 is 0. The molecule has 0 fully saturated rings. The SMILES string of the molecule is CCCN1C(=O)C2(c3ccccc31)c1c(oc3ccccc3c1=O)C(=O)N2CCc1ccc(OC)c(OC)c1. The second kappa shape index (κ2) is 9.31. The van der Waals surface area contributed by atoms with Gasteiger partial charge in [-0.3, -0.25) is 14.4 Å². The fourth-order valence-electron chi connectivity index (χ4n) is 5.96. The number of methoxy groups -OCH3 is 2. The van der Waals surface area contributed by atoms with E-state index in [0.717, 1.165) is 12.0 Å². The monoisotopic (exact) mass is 524 g/mol. The van der Waals surface area contributed by atoms with Crippen LogP contribution in [0.1, 0.15) is 40.6 Å². The molecule has 0 saturated heterocycles. The predicted octanol–water partition coefficient (Wildman–Crippen LogP) is 4.51. The first-order valence-electron chi connectivity index (χ1n) is 13.0. The van der Waals surface area contributed by atoms with Crippen molar-refractivity contribution in [3.63, 3.8) is 0 Å². The normalized spacial score (nSPS) is 17.7. The lowest BCUT2D eigenvalue weighted by Gasteiger charge is -2.34. The van der Waals surface area contributed by atoms with Gasteiger partial charge in [-0.25, -0.2) is 0 Å². The standard InChI is InChI=1S/C31H28N2O6/c1-4-16-32-22-11-7-6-10-21(22)31(30(32)36)26-27(34)20-9-5-8-12-23(20)39-28(26)29(35)33(31)17-15-19-13-14-24(37-2)25(18-19)38-3/h5-14,18H,4,15-17H2,1-3H3. The Balaban J connectivity index is 1.56. The van der Waals surface area contributed by atoms with Gasteiger partial charge in [0.2, 0.25) is 5.76 Å². The summed E-state index contributed by atoms with van der Waals surface area (Å²) in [6, 6.07) is 19.8. The Kier molecular flexibility index (Phi) is 5.90. The highest BCUT2D eigenvalue weighted by Gasteiger charge is 2.64. The Morgan fingerprint density at radius 2 is 1.62 bits per heavy atom. The summed E-state index contributed by atoms with van der Waals surface area (Å²) in [6.07, 6.45) is 1.13. The molecule has 1 aromatic heterocycles. The quantitative estimate of drug-likeness (QED) is 0.354. The van der Waals surface area contributed by atoms with Crippen LogP contribution in [0.3, 0.4) is 0 Å². The third kappa shape index (κ3) is 3.40. The minimum Gasteiger partial charge on any atom is -0.493 e. The van der Waals surface area contributed by atoms with Gasteiger partial charge in [0, 0.05) is 18.7 Å². The fourth-order valence-corrected chi connectivity index (χ4v) is 5.96. The van der Waals surface area contributed by atoms with Crippen molar-refractivity contribution in [2.45, 2.75) is 25.3 Å². The molecule has 198 valence electrons. The summed E-state index contributed by atoms with van der Waals surface area (Å²) in [5.41, 5.74) is 0.638. The zero-order chi connectivity index (χ0) is 27.3. The molecular formula is C31H28N2O6. The van der Waals surface area contributed by atoms with Crippen LogP contribution >= 0.6 is 0 Å². The van der Waals surface area contributed by atoms with Gasteiger partial charge in [0.15, 0.2) is 22.5 Å². The molecule has 4 aromatic rings. The van der Waals surface area contributed by atoms with Crippen LogP contribution < -0.4 is 19.8 Å². The van der Waals surface area contributed by atoms with Crippen molar-refractivity contribution in [2.24, 2.45) is 0 Å². The highest BCUT2D eigenvalue weighted by Crippen LogP contribution is 2.52. The molecule has 0 aliphatic carbocycles. The minimum atomic E-state index is -1.61. The maximum Gasteiger partial charge on any atom is 0.291 e. The van der Waals surface area contributed by atoms with Crippen molar-refractivity contribution in [3.05, 3.63) is 99.4 Å². The lowest BCUT2D eigenvalue weighted by molar-refractivity contribution is -0.126. The molecule has 8 nitrogen and oxygen atoms in total. The van der Waals surface area contributed by atoms with E-state index < -0.39 is 11.4 Å². The summed E-state index contributed by atoms with van der Waals surface area (Å²) in [7, 11) is 3.14. The van der Waals surface area contributed by atoms with Crippen molar-refractivity contribution in [1.82, 2.24) is 4.90 Å². The molecule has 2 aliphatic heterocycles. The number of anilines is 1. The molecular weight excluding hydrogens is 496 g/mol. The molecule has 3 aromatic carbocycles. The second-order valence-corrected chi connectivity index (χ2v) is 9.71. The topological polar surface area (TPSA) is 89.3 Å². The number of benzene rings is 3. The van der Waals surface area contributed by atoms with E-state index in [-0.39, 0.29) is 29.2 Å². The van der Waals surface area contributed by atoms with Crippen LogP contribution in [0.25, 0.3) is 11.0 Å². The lowest BCUT2D eigenvalue weighted by Crippen LogP contribution is -2.54. The third-order valence-corrected chi connectivity index (χ3v) is 7.66. The van der Waals surface area contributed by atoms with Crippen molar-refractivity contribution in [1.29, 1.82) is 0 Å². The lowest BCUT2D eigenvalue weighted by atomic mass is 9.83. The van der Waals surface area contributed by atoms with Gasteiger partial charge in [-0.05, 0) is 48.7 Å². The van der Waals surface area contributed by atoms with Gasteiger partial charge in [-0.15, -0.1) is 0 Å². The number of hydrogen-bond donors (Lipinski definition) is 0. The number of carbonyl (C=O) groups excluding carboxylic acids is 2. The number of fused-ring (bicyclic) bond motifs is 5. The van der Waals surface area contributed by atoms with Crippen LogP contribution in [0, 0.1) is 0 Å². The number of rotatable bonds is 7. The van der Waals surface area contributed by atoms with Gasteiger partial charge in [0.25, 0.3) is 11.8 Å². The number of ether oxygens (including phenoxy) is 2. The van der Waals surface area contributed by atoms with Gasteiger partial charge in [0.05, 0.1) is 30.9 Å². The Morgan fingerprint density at radius 1 is 0.872 bits per heavy atom. The van der Waals surface area contributed by atoms with Crippen LogP contribution in [-0.4, -0.2) is 44.0 Å². The average Bonchev–Trinajstić information content (AvgIpc) is 3.36. The van der Waals surface area contributed by atoms with Gasteiger partial charge in [0.1, 0.15) is 5.58 Å². The molecule has 2 amide bonds. The maximum atomic E-state index is 14.5. The molecule has 0 radical (unpaired) electrons.